The average Bonchev–Trinajstić information content (AvgIpc) is 2.89. The molecule has 36 heavy (non-hydrogen) atoms. The molecule has 0 aliphatic carbocycles. The number of hydrogen-bond acceptors (Lipinski definition) is 18. The van der Waals surface area contributed by atoms with Crippen molar-refractivity contribution in [3.8, 4) is 0 Å². The van der Waals surface area contributed by atoms with Gasteiger partial charge in [-0.25, -0.2) is 0 Å². The van der Waals surface area contributed by atoms with E-state index in [0.717, 1.165) is 0 Å². The monoisotopic (exact) mass is 626 g/mol. The lowest BCUT2D eigenvalue weighted by molar-refractivity contribution is -0.205. The van der Waals surface area contributed by atoms with E-state index in [1.165, 1.54) is 0 Å². The first kappa shape index (κ1) is 34.9. The van der Waals surface area contributed by atoms with Crippen LogP contribution in [0.3, 0.4) is 0 Å². The van der Waals surface area contributed by atoms with E-state index in [2.05, 4.69) is 75.8 Å². The second kappa shape index (κ2) is 20.0. The Morgan fingerprint density at radius 2 is 0.667 bits per heavy atom. The van der Waals surface area contributed by atoms with E-state index in [4.69, 9.17) is 28.4 Å². The lowest BCUT2D eigenvalue weighted by atomic mass is 10.0. The molecule has 0 bridgehead atoms. The fourth-order valence-corrected chi connectivity index (χ4v) is 2.81. The Hall–Kier alpha value is -1.08. The third-order valence-corrected chi connectivity index (χ3v) is 5.30. The molecule has 206 valence electrons. The summed E-state index contributed by atoms with van der Waals surface area (Å²) in [7, 11) is 0. The summed E-state index contributed by atoms with van der Waals surface area (Å²) >= 11 is 22.8. The van der Waals surface area contributed by atoms with Crippen molar-refractivity contribution in [3.05, 3.63) is 0 Å². The third kappa shape index (κ3) is 14.0. The molecule has 0 radical (unpaired) electrons. The molecule has 18 heteroatoms. The first-order chi connectivity index (χ1) is 17.1. The van der Waals surface area contributed by atoms with Crippen LogP contribution in [-0.2, 0) is 57.2 Å². The van der Waals surface area contributed by atoms with Gasteiger partial charge in [0.15, 0.2) is 24.4 Å². The van der Waals surface area contributed by atoms with E-state index < -0.39 is 96.5 Å². The van der Waals surface area contributed by atoms with Gasteiger partial charge < -0.3 is 28.4 Å². The van der Waals surface area contributed by atoms with Gasteiger partial charge in [-0.05, 0) is 0 Å². The van der Waals surface area contributed by atoms with Crippen LogP contribution in [0.4, 0.5) is 0 Å². The SMILES string of the molecule is O=C(CS)OCC(OC(=O)CS)C(OC(=O)CS)C(OC(=O)CS)C(COC(=O)CS)OC(=O)CS. The van der Waals surface area contributed by atoms with Gasteiger partial charge in [0.2, 0.25) is 0 Å². The minimum atomic E-state index is -1.75. The van der Waals surface area contributed by atoms with E-state index in [9.17, 15) is 28.8 Å². The standard InChI is InChI=1S/C18H26O12S6/c19-11(3-31)25-1-9(27-13(21)5-33)17(29-15(23)7-35)18(30-16(24)8-36)10(28-14(22)6-34)2-26-12(20)4-32/h9-10,17-18,31-36H,1-8H2. The Balaban J connectivity index is 6.59. The molecule has 12 nitrogen and oxygen atoms in total. The Morgan fingerprint density at radius 1 is 0.417 bits per heavy atom. The maximum atomic E-state index is 12.2. The highest BCUT2D eigenvalue weighted by Gasteiger charge is 2.45. The van der Waals surface area contributed by atoms with Gasteiger partial charge in [0.1, 0.15) is 13.2 Å². The van der Waals surface area contributed by atoms with E-state index in [1.54, 1.807) is 0 Å². The van der Waals surface area contributed by atoms with Gasteiger partial charge in [0, 0.05) is 0 Å². The quantitative estimate of drug-likeness (QED) is 0.0687. The lowest BCUT2D eigenvalue weighted by Gasteiger charge is -2.35. The molecule has 0 aliphatic rings. The summed E-state index contributed by atoms with van der Waals surface area (Å²) < 4.78 is 31.0. The normalized spacial score (nSPS) is 13.8. The highest BCUT2D eigenvalue weighted by molar-refractivity contribution is 7.81. The van der Waals surface area contributed by atoms with Crippen LogP contribution in [0.15, 0.2) is 0 Å². The fraction of sp³-hybridized carbons (Fsp3) is 0.667. The van der Waals surface area contributed by atoms with Gasteiger partial charge in [0.25, 0.3) is 0 Å². The van der Waals surface area contributed by atoms with Gasteiger partial charge in [0.05, 0.1) is 34.5 Å². The molecule has 0 saturated heterocycles. The molecule has 0 aliphatic heterocycles. The number of ether oxygens (including phenoxy) is 6. The van der Waals surface area contributed by atoms with Gasteiger partial charge in [-0.1, -0.05) is 0 Å². The summed E-state index contributed by atoms with van der Waals surface area (Å²) in [6, 6.07) is 0. The lowest BCUT2D eigenvalue weighted by Crippen LogP contribution is -2.55. The Morgan fingerprint density at radius 3 is 0.917 bits per heavy atom. The molecule has 0 spiro atoms. The topological polar surface area (TPSA) is 158 Å². The maximum Gasteiger partial charge on any atom is 0.316 e. The van der Waals surface area contributed by atoms with Gasteiger partial charge in [-0.3, -0.25) is 28.8 Å². The minimum Gasteiger partial charge on any atom is -0.461 e. The zero-order chi connectivity index (χ0) is 27.7. The van der Waals surface area contributed by atoms with Crippen molar-refractivity contribution in [1.29, 1.82) is 0 Å². The van der Waals surface area contributed by atoms with Crippen LogP contribution in [0.1, 0.15) is 0 Å². The molecule has 0 N–H and O–H groups in total. The van der Waals surface area contributed by atoms with Crippen molar-refractivity contribution in [2.75, 3.05) is 47.7 Å². The first-order valence-corrected chi connectivity index (χ1v) is 13.6. The molecular weight excluding hydrogens is 601 g/mol. The summed E-state index contributed by atoms with van der Waals surface area (Å²) in [5.41, 5.74) is 0. The summed E-state index contributed by atoms with van der Waals surface area (Å²) in [5.74, 6) is -7.93. The Labute approximate surface area is 240 Å². The van der Waals surface area contributed by atoms with Crippen LogP contribution in [0.25, 0.3) is 0 Å². The Bertz CT molecular complexity index is 705. The predicted molar refractivity (Wildman–Crippen MR) is 145 cm³/mol. The molecule has 0 fully saturated rings. The second-order valence-electron chi connectivity index (χ2n) is 6.28. The van der Waals surface area contributed by atoms with Gasteiger partial charge in [-0.2, -0.15) is 75.8 Å². The number of thiol groups is 6. The van der Waals surface area contributed by atoms with Crippen LogP contribution >= 0.6 is 75.8 Å². The number of carbonyl (C=O) groups is 6. The number of carbonyl (C=O) groups excluding carboxylic acids is 6. The number of hydrogen-bond donors (Lipinski definition) is 6. The minimum absolute atomic E-state index is 0.339. The van der Waals surface area contributed by atoms with Crippen LogP contribution in [0.2, 0.25) is 0 Å². The third-order valence-electron chi connectivity index (χ3n) is 3.75. The van der Waals surface area contributed by atoms with E-state index >= 15 is 0 Å². The second-order valence-corrected chi connectivity index (χ2v) is 8.18. The first-order valence-electron chi connectivity index (χ1n) is 9.80. The van der Waals surface area contributed by atoms with Gasteiger partial charge >= 0.3 is 35.8 Å². The molecule has 0 rings (SSSR count). The zero-order valence-corrected chi connectivity index (χ0v) is 23.9. The van der Waals surface area contributed by atoms with Crippen molar-refractivity contribution in [3.63, 3.8) is 0 Å². The summed E-state index contributed by atoms with van der Waals surface area (Å²) in [4.78, 5) is 71.9. The molecule has 0 amide bonds. The molecular formula is C18H26O12S6. The molecule has 0 aromatic carbocycles. The van der Waals surface area contributed by atoms with Gasteiger partial charge in [-0.15, -0.1) is 0 Å². The van der Waals surface area contributed by atoms with Crippen molar-refractivity contribution >= 4 is 112 Å². The van der Waals surface area contributed by atoms with Crippen molar-refractivity contribution < 1.29 is 57.2 Å². The summed E-state index contributed by atoms with van der Waals surface area (Å²) in [5, 5.41) is 0. The largest absolute Gasteiger partial charge is 0.461 e. The van der Waals surface area contributed by atoms with E-state index in [1.807, 2.05) is 0 Å². The molecule has 0 heterocycles. The smallest absolute Gasteiger partial charge is 0.316 e. The van der Waals surface area contributed by atoms with Crippen LogP contribution < -0.4 is 0 Å². The zero-order valence-electron chi connectivity index (χ0n) is 18.5. The molecule has 0 aromatic rings. The molecule has 4 unspecified atom stereocenters. The molecule has 0 saturated carbocycles. The van der Waals surface area contributed by atoms with Crippen molar-refractivity contribution in [1.82, 2.24) is 0 Å². The summed E-state index contributed by atoms with van der Waals surface area (Å²) in [6.45, 7) is -1.38. The fourth-order valence-electron chi connectivity index (χ4n) is 2.33. The van der Waals surface area contributed by atoms with Crippen LogP contribution in [0, 0.1) is 0 Å². The van der Waals surface area contributed by atoms with Crippen LogP contribution in [-0.4, -0.2) is 108 Å². The molecule has 0 aromatic heterocycles. The van der Waals surface area contributed by atoms with Crippen molar-refractivity contribution in [2.24, 2.45) is 0 Å². The van der Waals surface area contributed by atoms with Crippen molar-refractivity contribution in [2.45, 2.75) is 24.4 Å². The highest BCUT2D eigenvalue weighted by atomic mass is 32.1. The maximum absolute atomic E-state index is 12.2. The number of esters is 6. The predicted octanol–water partition coefficient (Wildman–Crippen LogP) is -0.701. The molecule has 4 atom stereocenters. The number of rotatable bonds is 17. The Kier molecular flexibility index (Phi) is 19.4. The highest BCUT2D eigenvalue weighted by Crippen LogP contribution is 2.21. The van der Waals surface area contributed by atoms with E-state index in [-0.39, 0.29) is 11.5 Å². The average molecular weight is 627 g/mol. The summed E-state index contributed by atoms with van der Waals surface area (Å²) in [6.07, 6.45) is -6.71. The van der Waals surface area contributed by atoms with E-state index in [0.29, 0.717) is 0 Å². The van der Waals surface area contributed by atoms with Crippen LogP contribution in [0.5, 0.6) is 0 Å².